The number of likely N-dealkylation sites (N-methyl/N-ethyl adjacent to an activating group) is 1. The van der Waals surface area contributed by atoms with Crippen LogP contribution in [-0.2, 0) is 24.3 Å². The van der Waals surface area contributed by atoms with Crippen LogP contribution >= 0.6 is 0 Å². The Hall–Kier alpha value is -3.22. The van der Waals surface area contributed by atoms with Crippen molar-refractivity contribution >= 4 is 11.7 Å². The zero-order valence-electron chi connectivity index (χ0n) is 15.7. The molecule has 3 aromatic rings. The maximum atomic E-state index is 12.2. The first-order valence-electron chi connectivity index (χ1n) is 8.93. The second-order valence-corrected chi connectivity index (χ2v) is 6.41. The summed E-state index contributed by atoms with van der Waals surface area (Å²) in [5, 5.41) is 7.18. The van der Waals surface area contributed by atoms with E-state index in [1.165, 1.54) is 0 Å². The minimum Gasteiger partial charge on any atom is -0.359 e. The molecule has 3 heterocycles. The average Bonchev–Trinajstić information content (AvgIpc) is 3.10. The lowest BCUT2D eigenvalue weighted by Crippen LogP contribution is -2.29. The monoisotopic (exact) mass is 364 g/mol. The van der Waals surface area contributed by atoms with Gasteiger partial charge in [-0.25, -0.2) is 4.98 Å². The van der Waals surface area contributed by atoms with Crippen molar-refractivity contribution in [1.82, 2.24) is 25.1 Å². The van der Waals surface area contributed by atoms with E-state index in [0.717, 1.165) is 35.7 Å². The van der Waals surface area contributed by atoms with Crippen molar-refractivity contribution in [3.63, 3.8) is 0 Å². The van der Waals surface area contributed by atoms with Crippen molar-refractivity contribution in [3.8, 4) is 0 Å². The fraction of sp³-hybridized carbons (Fsp3) is 0.300. The van der Waals surface area contributed by atoms with Gasteiger partial charge in [-0.1, -0.05) is 12.1 Å². The van der Waals surface area contributed by atoms with Gasteiger partial charge in [-0.2, -0.15) is 5.10 Å². The van der Waals surface area contributed by atoms with E-state index < -0.39 is 0 Å². The maximum absolute atomic E-state index is 12.2. The molecule has 0 saturated carbocycles. The normalized spacial score (nSPS) is 10.6. The molecule has 1 amide bonds. The molecule has 0 aliphatic heterocycles. The summed E-state index contributed by atoms with van der Waals surface area (Å²) in [5.74, 6) is 0.785. The lowest BCUT2D eigenvalue weighted by molar-refractivity contribution is -0.122. The number of carbonyl (C=O) groups excluding carboxylic acids is 1. The quantitative estimate of drug-likeness (QED) is 0.661. The van der Waals surface area contributed by atoms with Crippen LogP contribution in [0, 0.1) is 6.92 Å². The molecule has 7 nitrogen and oxygen atoms in total. The molecule has 0 fully saturated rings. The van der Waals surface area contributed by atoms with Crippen LogP contribution in [0.5, 0.6) is 0 Å². The molecule has 0 atom stereocenters. The number of hydrogen-bond donors (Lipinski definition) is 1. The van der Waals surface area contributed by atoms with Crippen LogP contribution in [0.2, 0.25) is 0 Å². The van der Waals surface area contributed by atoms with Gasteiger partial charge in [-0.3, -0.25) is 14.5 Å². The lowest BCUT2D eigenvalue weighted by Gasteiger charge is -2.21. The number of amides is 1. The predicted octanol–water partition coefficient (Wildman–Crippen LogP) is 1.98. The lowest BCUT2D eigenvalue weighted by atomic mass is 10.2. The minimum absolute atomic E-state index is 0.0796. The van der Waals surface area contributed by atoms with Gasteiger partial charge in [0.2, 0.25) is 5.91 Å². The van der Waals surface area contributed by atoms with E-state index in [9.17, 15) is 4.79 Å². The van der Waals surface area contributed by atoms with Gasteiger partial charge in [0, 0.05) is 56.4 Å². The summed E-state index contributed by atoms with van der Waals surface area (Å²) >= 11 is 0. The van der Waals surface area contributed by atoms with Crippen molar-refractivity contribution in [2.45, 2.75) is 26.4 Å². The molecule has 3 aromatic heterocycles. The molecule has 7 heteroatoms. The molecule has 0 aromatic carbocycles. The molecule has 0 radical (unpaired) electrons. The molecule has 0 spiro atoms. The van der Waals surface area contributed by atoms with Crippen molar-refractivity contribution in [3.05, 3.63) is 71.9 Å². The summed E-state index contributed by atoms with van der Waals surface area (Å²) in [6.07, 6.45) is 6.21. The number of hydrogen-bond acceptors (Lipinski definition) is 5. The van der Waals surface area contributed by atoms with Crippen LogP contribution in [0.1, 0.15) is 17.0 Å². The molecule has 3 rings (SSSR count). The first-order valence-corrected chi connectivity index (χ1v) is 8.93. The Labute approximate surface area is 159 Å². The summed E-state index contributed by atoms with van der Waals surface area (Å²) in [6.45, 7) is 3.33. The van der Waals surface area contributed by atoms with Crippen LogP contribution in [-0.4, -0.2) is 39.2 Å². The minimum atomic E-state index is -0.0796. The second-order valence-electron chi connectivity index (χ2n) is 6.41. The Kier molecular flexibility index (Phi) is 6.14. The van der Waals surface area contributed by atoms with Crippen LogP contribution in [0.15, 0.2) is 55.0 Å². The van der Waals surface area contributed by atoms with Gasteiger partial charge in [0.15, 0.2) is 0 Å². The SMILES string of the molecule is Cc1ccn(CC(=O)NCc2cccnc2N(C)CCc2ccccn2)n1. The number of carbonyl (C=O) groups is 1. The van der Waals surface area contributed by atoms with Crippen molar-refractivity contribution in [2.75, 3.05) is 18.5 Å². The summed E-state index contributed by atoms with van der Waals surface area (Å²) in [5.41, 5.74) is 2.92. The summed E-state index contributed by atoms with van der Waals surface area (Å²) in [4.78, 5) is 23.1. The number of pyridine rings is 2. The fourth-order valence-electron chi connectivity index (χ4n) is 2.79. The molecule has 0 aliphatic carbocycles. The Morgan fingerprint density at radius 2 is 2.00 bits per heavy atom. The highest BCUT2D eigenvalue weighted by molar-refractivity contribution is 5.75. The highest BCUT2D eigenvalue weighted by Crippen LogP contribution is 2.16. The summed E-state index contributed by atoms with van der Waals surface area (Å²) in [6, 6.07) is 11.7. The summed E-state index contributed by atoms with van der Waals surface area (Å²) < 4.78 is 1.63. The number of nitrogens with zero attached hydrogens (tertiary/aromatic N) is 5. The molecule has 0 saturated heterocycles. The number of aryl methyl sites for hydroxylation is 1. The van der Waals surface area contributed by atoms with E-state index in [1.807, 2.05) is 50.4 Å². The van der Waals surface area contributed by atoms with E-state index >= 15 is 0 Å². The zero-order chi connectivity index (χ0) is 19.1. The first-order chi connectivity index (χ1) is 13.1. The molecular weight excluding hydrogens is 340 g/mol. The molecule has 0 bridgehead atoms. The average molecular weight is 364 g/mol. The zero-order valence-corrected chi connectivity index (χ0v) is 15.7. The number of nitrogens with one attached hydrogen (secondary N) is 1. The Morgan fingerprint density at radius 3 is 2.74 bits per heavy atom. The van der Waals surface area contributed by atoms with Gasteiger partial charge in [-0.05, 0) is 31.2 Å². The highest BCUT2D eigenvalue weighted by Gasteiger charge is 2.11. The van der Waals surface area contributed by atoms with Crippen LogP contribution < -0.4 is 10.2 Å². The van der Waals surface area contributed by atoms with Crippen LogP contribution in [0.3, 0.4) is 0 Å². The van der Waals surface area contributed by atoms with E-state index in [0.29, 0.717) is 6.54 Å². The van der Waals surface area contributed by atoms with Gasteiger partial charge in [-0.15, -0.1) is 0 Å². The topological polar surface area (TPSA) is 75.9 Å². The second kappa shape index (κ2) is 8.93. The molecular formula is C20H24N6O. The number of anilines is 1. The van der Waals surface area contributed by atoms with Gasteiger partial charge < -0.3 is 10.2 Å². The molecule has 1 N–H and O–H groups in total. The fourth-order valence-corrected chi connectivity index (χ4v) is 2.79. The van der Waals surface area contributed by atoms with E-state index in [2.05, 4.69) is 25.3 Å². The van der Waals surface area contributed by atoms with Gasteiger partial charge >= 0.3 is 0 Å². The van der Waals surface area contributed by atoms with Crippen LogP contribution in [0.25, 0.3) is 0 Å². The van der Waals surface area contributed by atoms with Gasteiger partial charge in [0.05, 0.1) is 5.69 Å². The molecule has 0 aliphatic rings. The van der Waals surface area contributed by atoms with E-state index in [1.54, 1.807) is 23.3 Å². The Balaban J connectivity index is 1.57. The van der Waals surface area contributed by atoms with Crippen molar-refractivity contribution < 1.29 is 4.79 Å². The standard InChI is InChI=1S/C20H24N6O/c1-16-8-13-26(24-16)15-19(27)23-14-17-6-5-11-22-20(17)25(2)12-9-18-7-3-4-10-21-18/h3-8,10-11,13H,9,12,14-15H2,1-2H3,(H,23,27). The first kappa shape index (κ1) is 18.6. The maximum Gasteiger partial charge on any atom is 0.241 e. The van der Waals surface area contributed by atoms with E-state index in [4.69, 9.17) is 0 Å². The third kappa shape index (κ3) is 5.37. The molecule has 140 valence electrons. The smallest absolute Gasteiger partial charge is 0.241 e. The van der Waals surface area contributed by atoms with Crippen molar-refractivity contribution in [1.29, 1.82) is 0 Å². The molecule has 0 unspecified atom stereocenters. The number of rotatable bonds is 8. The predicted molar refractivity (Wildman–Crippen MR) is 104 cm³/mol. The van der Waals surface area contributed by atoms with Gasteiger partial charge in [0.25, 0.3) is 0 Å². The third-order valence-electron chi connectivity index (χ3n) is 4.21. The Bertz CT molecular complexity index is 877. The van der Waals surface area contributed by atoms with Crippen LogP contribution in [0.4, 0.5) is 5.82 Å². The summed E-state index contributed by atoms with van der Waals surface area (Å²) in [7, 11) is 2.00. The van der Waals surface area contributed by atoms with Gasteiger partial charge in [0.1, 0.15) is 12.4 Å². The third-order valence-corrected chi connectivity index (χ3v) is 4.21. The Morgan fingerprint density at radius 1 is 1.15 bits per heavy atom. The largest absolute Gasteiger partial charge is 0.359 e. The number of aromatic nitrogens is 4. The van der Waals surface area contributed by atoms with E-state index in [-0.39, 0.29) is 12.5 Å². The molecule has 27 heavy (non-hydrogen) atoms. The van der Waals surface area contributed by atoms with Crippen molar-refractivity contribution in [2.24, 2.45) is 0 Å². The highest BCUT2D eigenvalue weighted by atomic mass is 16.2.